The summed E-state index contributed by atoms with van der Waals surface area (Å²) < 4.78 is 0. The third-order valence-corrected chi connectivity index (χ3v) is 6.19. The number of Topliss-reactive ketones (excluding diaryl/α,β-unsaturated/α-hetero) is 1. The van der Waals surface area contributed by atoms with Gasteiger partial charge in [0, 0.05) is 12.8 Å². The van der Waals surface area contributed by atoms with E-state index in [1.807, 2.05) is 26.0 Å². The summed E-state index contributed by atoms with van der Waals surface area (Å²) in [5, 5.41) is 0. The molecule has 0 aliphatic carbocycles. The fourth-order valence-electron chi connectivity index (χ4n) is 4.05. The van der Waals surface area contributed by atoms with E-state index in [0.717, 1.165) is 56.1 Å². The Labute approximate surface area is 182 Å². The van der Waals surface area contributed by atoms with E-state index in [-0.39, 0.29) is 11.8 Å². The van der Waals surface area contributed by atoms with Crippen molar-refractivity contribution in [3.63, 3.8) is 0 Å². The minimum Gasteiger partial charge on any atom is -0.369 e. The van der Waals surface area contributed by atoms with Crippen molar-refractivity contribution in [1.82, 2.24) is 4.90 Å². The molecule has 30 heavy (non-hydrogen) atoms. The maximum Gasteiger partial charge on any atom is 0.257 e. The summed E-state index contributed by atoms with van der Waals surface area (Å²) in [5.41, 5.74) is 7.63. The lowest BCUT2D eigenvalue weighted by Crippen LogP contribution is -2.46. The van der Waals surface area contributed by atoms with Crippen molar-refractivity contribution in [2.45, 2.75) is 97.6 Å². The van der Waals surface area contributed by atoms with Crippen LogP contribution in [0.5, 0.6) is 0 Å². The Morgan fingerprint density at radius 2 is 1.67 bits per heavy atom. The Morgan fingerprint density at radius 1 is 1.03 bits per heavy atom. The minimum absolute atomic E-state index is 0.0187. The average Bonchev–Trinajstić information content (AvgIpc) is 2.97. The number of amides is 1. The van der Waals surface area contributed by atoms with Gasteiger partial charge < -0.3 is 5.73 Å². The molecular formula is C25H39N3O2. The van der Waals surface area contributed by atoms with E-state index >= 15 is 0 Å². The summed E-state index contributed by atoms with van der Waals surface area (Å²) in [6.07, 6.45) is 8.04. The molecule has 1 aliphatic rings. The molecule has 2 rings (SSSR count). The molecule has 0 fully saturated rings. The van der Waals surface area contributed by atoms with Gasteiger partial charge in [0.25, 0.3) is 5.91 Å². The summed E-state index contributed by atoms with van der Waals surface area (Å²) in [5.74, 6) is 0.797. The second kappa shape index (κ2) is 11.3. The van der Waals surface area contributed by atoms with Crippen LogP contribution in [0.3, 0.4) is 0 Å². The standard InChI is InChI=1S/C25H39N3O2/c1-5-7-9-10-22(29)16-15-20-11-13-21(14-12-20)18-28-23(30)25(19(3)4,17-8-6-2)27-24(28)26/h11-14,19H,5-10,15-18H2,1-4H3,(H2,26,27). The smallest absolute Gasteiger partial charge is 0.257 e. The number of nitrogens with two attached hydrogens (primary N) is 1. The molecule has 0 saturated carbocycles. The molecule has 1 aliphatic heterocycles. The van der Waals surface area contributed by atoms with Gasteiger partial charge in [-0.1, -0.05) is 77.6 Å². The van der Waals surface area contributed by atoms with Crippen LogP contribution in [-0.2, 0) is 22.6 Å². The number of aryl methyl sites for hydroxylation is 1. The molecular weight excluding hydrogens is 374 g/mol. The predicted molar refractivity (Wildman–Crippen MR) is 123 cm³/mol. The number of ketones is 1. The van der Waals surface area contributed by atoms with Crippen molar-refractivity contribution < 1.29 is 9.59 Å². The Morgan fingerprint density at radius 3 is 2.27 bits per heavy atom. The molecule has 1 atom stereocenters. The highest BCUT2D eigenvalue weighted by molar-refractivity contribution is 6.06. The number of hydrogen-bond acceptors (Lipinski definition) is 4. The van der Waals surface area contributed by atoms with E-state index in [9.17, 15) is 9.59 Å². The lowest BCUT2D eigenvalue weighted by molar-refractivity contribution is -0.133. The fraction of sp³-hybridized carbons (Fsp3) is 0.640. The second-order valence-electron chi connectivity index (χ2n) is 8.86. The number of nitrogens with zero attached hydrogens (tertiary/aromatic N) is 2. The second-order valence-corrected chi connectivity index (χ2v) is 8.86. The molecule has 0 bridgehead atoms. The summed E-state index contributed by atoms with van der Waals surface area (Å²) in [6.45, 7) is 8.80. The molecule has 1 aromatic rings. The van der Waals surface area contributed by atoms with E-state index in [1.165, 1.54) is 0 Å². The molecule has 0 aromatic heterocycles. The fourth-order valence-corrected chi connectivity index (χ4v) is 4.05. The van der Waals surface area contributed by atoms with Crippen LogP contribution in [0, 0.1) is 5.92 Å². The van der Waals surface area contributed by atoms with Crippen molar-refractivity contribution in [1.29, 1.82) is 0 Å². The minimum atomic E-state index is -0.724. The third-order valence-electron chi connectivity index (χ3n) is 6.19. The van der Waals surface area contributed by atoms with E-state index in [2.05, 4.69) is 31.0 Å². The van der Waals surface area contributed by atoms with E-state index in [4.69, 9.17) is 5.73 Å². The number of aliphatic imine (C=N–C) groups is 1. The summed E-state index contributed by atoms with van der Waals surface area (Å²) >= 11 is 0. The highest BCUT2D eigenvalue weighted by Gasteiger charge is 2.49. The van der Waals surface area contributed by atoms with Gasteiger partial charge in [0.15, 0.2) is 5.96 Å². The molecule has 0 radical (unpaired) electrons. The van der Waals surface area contributed by atoms with E-state index < -0.39 is 5.54 Å². The van der Waals surface area contributed by atoms with Crippen LogP contribution in [-0.4, -0.2) is 28.1 Å². The number of carbonyl (C=O) groups excluding carboxylic acids is 2. The quantitative estimate of drug-likeness (QED) is 0.462. The van der Waals surface area contributed by atoms with Crippen LogP contribution in [0.15, 0.2) is 29.3 Å². The summed E-state index contributed by atoms with van der Waals surface area (Å²) in [7, 11) is 0. The molecule has 1 amide bonds. The first kappa shape index (κ1) is 24.1. The Balaban J connectivity index is 1.96. The summed E-state index contributed by atoms with van der Waals surface area (Å²) in [4.78, 5) is 31.5. The average molecular weight is 414 g/mol. The molecule has 1 unspecified atom stereocenters. The van der Waals surface area contributed by atoms with Crippen LogP contribution in [0.4, 0.5) is 0 Å². The van der Waals surface area contributed by atoms with Crippen LogP contribution in [0.25, 0.3) is 0 Å². The maximum atomic E-state index is 13.2. The zero-order chi connectivity index (χ0) is 22.1. The van der Waals surface area contributed by atoms with Gasteiger partial charge in [0.2, 0.25) is 0 Å². The van der Waals surface area contributed by atoms with Crippen molar-refractivity contribution in [2.75, 3.05) is 0 Å². The third kappa shape index (κ3) is 5.93. The highest BCUT2D eigenvalue weighted by Crippen LogP contribution is 2.35. The molecule has 0 saturated heterocycles. The zero-order valence-electron chi connectivity index (χ0n) is 19.2. The lowest BCUT2D eigenvalue weighted by atomic mass is 9.82. The maximum absolute atomic E-state index is 13.2. The molecule has 1 aromatic carbocycles. The topological polar surface area (TPSA) is 75.8 Å². The number of benzene rings is 1. The molecule has 166 valence electrons. The van der Waals surface area contributed by atoms with Gasteiger partial charge in [-0.15, -0.1) is 0 Å². The van der Waals surface area contributed by atoms with E-state index in [0.29, 0.717) is 31.1 Å². The molecule has 1 heterocycles. The lowest BCUT2D eigenvalue weighted by Gasteiger charge is -2.29. The van der Waals surface area contributed by atoms with Gasteiger partial charge in [0.05, 0.1) is 6.54 Å². The number of rotatable bonds is 13. The molecule has 5 nitrogen and oxygen atoms in total. The van der Waals surface area contributed by atoms with Gasteiger partial charge in [-0.3, -0.25) is 14.5 Å². The van der Waals surface area contributed by atoms with Crippen LogP contribution in [0.1, 0.15) is 90.2 Å². The Kier molecular flexibility index (Phi) is 9.07. The molecule has 0 spiro atoms. The van der Waals surface area contributed by atoms with Crippen molar-refractivity contribution in [2.24, 2.45) is 16.6 Å². The monoisotopic (exact) mass is 413 g/mol. The van der Waals surface area contributed by atoms with E-state index in [1.54, 1.807) is 4.90 Å². The SMILES string of the molecule is CCCCCC(=O)CCc1ccc(CN2C(=O)C(CCCC)(C(C)C)N=C2N)cc1. The van der Waals surface area contributed by atoms with Crippen molar-refractivity contribution in [3.8, 4) is 0 Å². The zero-order valence-corrected chi connectivity index (χ0v) is 19.2. The van der Waals surface area contributed by atoms with Gasteiger partial charge in [0.1, 0.15) is 11.3 Å². The Hall–Kier alpha value is -2.17. The van der Waals surface area contributed by atoms with Gasteiger partial charge in [-0.2, -0.15) is 0 Å². The van der Waals surface area contributed by atoms with Gasteiger partial charge >= 0.3 is 0 Å². The number of hydrogen-bond donors (Lipinski definition) is 1. The van der Waals surface area contributed by atoms with Crippen LogP contribution in [0.2, 0.25) is 0 Å². The van der Waals surface area contributed by atoms with Gasteiger partial charge in [-0.25, -0.2) is 4.99 Å². The van der Waals surface area contributed by atoms with Crippen LogP contribution < -0.4 is 5.73 Å². The van der Waals surface area contributed by atoms with Crippen molar-refractivity contribution in [3.05, 3.63) is 35.4 Å². The summed E-state index contributed by atoms with van der Waals surface area (Å²) in [6, 6.07) is 8.16. The molecule has 5 heteroatoms. The van der Waals surface area contributed by atoms with Crippen molar-refractivity contribution >= 4 is 17.6 Å². The first-order chi connectivity index (χ1) is 14.3. The first-order valence-corrected chi connectivity index (χ1v) is 11.6. The number of guanidine groups is 1. The molecule has 2 N–H and O–H groups in total. The predicted octanol–water partition coefficient (Wildman–Crippen LogP) is 5.01. The number of unbranched alkanes of at least 4 members (excludes halogenated alkanes) is 3. The Bertz CT molecular complexity index is 739. The highest BCUT2D eigenvalue weighted by atomic mass is 16.2. The first-order valence-electron chi connectivity index (χ1n) is 11.6. The van der Waals surface area contributed by atoms with Crippen LogP contribution >= 0.6 is 0 Å². The largest absolute Gasteiger partial charge is 0.369 e. The van der Waals surface area contributed by atoms with Gasteiger partial charge in [-0.05, 0) is 36.3 Å². The normalized spacial score (nSPS) is 18.9. The number of carbonyl (C=O) groups is 2.